The zero-order valence-corrected chi connectivity index (χ0v) is 14.3. The van der Waals surface area contributed by atoms with E-state index >= 15 is 0 Å². The van der Waals surface area contributed by atoms with E-state index in [4.69, 9.17) is 0 Å². The molecule has 2 N–H and O–H groups in total. The van der Waals surface area contributed by atoms with Crippen molar-refractivity contribution in [3.63, 3.8) is 0 Å². The maximum atomic E-state index is 12.7. The van der Waals surface area contributed by atoms with Crippen LogP contribution in [0.25, 0.3) is 11.1 Å². The molecule has 0 aliphatic rings. The van der Waals surface area contributed by atoms with Gasteiger partial charge >= 0.3 is 5.97 Å². The van der Waals surface area contributed by atoms with Crippen LogP contribution >= 0.6 is 0 Å². The first-order chi connectivity index (χ1) is 13.4. The molecule has 8 nitrogen and oxygen atoms in total. The SMILES string of the molecule is O=C(O)c1ccccc1-c1ccccc1C(=O)Nc1ccc([N+](=O)[O-])cc1[O-]. The topological polar surface area (TPSA) is 133 Å². The Labute approximate surface area is 158 Å². The zero-order chi connectivity index (χ0) is 20.3. The van der Waals surface area contributed by atoms with Gasteiger partial charge in [0.05, 0.1) is 10.5 Å². The molecule has 140 valence electrons. The summed E-state index contributed by atoms with van der Waals surface area (Å²) in [6, 6.07) is 15.7. The number of carbonyl (C=O) groups excluding carboxylic acids is 1. The summed E-state index contributed by atoms with van der Waals surface area (Å²) in [7, 11) is 0. The number of aromatic carboxylic acids is 1. The van der Waals surface area contributed by atoms with Crippen molar-refractivity contribution in [1.29, 1.82) is 0 Å². The fraction of sp³-hybridized carbons (Fsp3) is 0. The van der Waals surface area contributed by atoms with Gasteiger partial charge in [0.2, 0.25) is 0 Å². The average molecular weight is 377 g/mol. The first kappa shape index (κ1) is 18.6. The number of nitro groups is 1. The number of carbonyl (C=O) groups is 2. The van der Waals surface area contributed by atoms with Crippen molar-refractivity contribution in [2.45, 2.75) is 0 Å². The second-order valence-corrected chi connectivity index (χ2v) is 5.79. The maximum absolute atomic E-state index is 12.7. The van der Waals surface area contributed by atoms with E-state index in [0.29, 0.717) is 11.1 Å². The Kier molecular flexibility index (Phi) is 5.03. The van der Waals surface area contributed by atoms with Crippen LogP contribution in [-0.2, 0) is 0 Å². The lowest BCUT2D eigenvalue weighted by atomic mass is 9.95. The lowest BCUT2D eigenvalue weighted by molar-refractivity contribution is -0.385. The van der Waals surface area contributed by atoms with Crippen molar-refractivity contribution in [2.75, 3.05) is 5.32 Å². The van der Waals surface area contributed by atoms with Crippen LogP contribution in [0.3, 0.4) is 0 Å². The highest BCUT2D eigenvalue weighted by atomic mass is 16.6. The second-order valence-electron chi connectivity index (χ2n) is 5.79. The molecule has 0 fully saturated rings. The van der Waals surface area contributed by atoms with Crippen LogP contribution in [0.5, 0.6) is 5.75 Å². The van der Waals surface area contributed by atoms with Crippen molar-refractivity contribution in [3.8, 4) is 16.9 Å². The van der Waals surface area contributed by atoms with Crippen molar-refractivity contribution in [3.05, 3.63) is 88.0 Å². The van der Waals surface area contributed by atoms with E-state index in [9.17, 15) is 29.9 Å². The molecule has 0 saturated carbocycles. The van der Waals surface area contributed by atoms with E-state index in [1.807, 2.05) is 0 Å². The number of nitrogens with one attached hydrogen (secondary N) is 1. The van der Waals surface area contributed by atoms with Gasteiger partial charge in [-0.15, -0.1) is 0 Å². The van der Waals surface area contributed by atoms with Gasteiger partial charge in [-0.05, 0) is 29.3 Å². The number of rotatable bonds is 5. The van der Waals surface area contributed by atoms with Crippen molar-refractivity contribution >= 4 is 23.3 Å². The number of non-ortho nitro benzene ring substituents is 1. The number of carboxylic acids is 1. The van der Waals surface area contributed by atoms with Gasteiger partial charge in [0.25, 0.3) is 11.6 Å². The molecule has 28 heavy (non-hydrogen) atoms. The third-order valence-corrected chi connectivity index (χ3v) is 4.04. The van der Waals surface area contributed by atoms with E-state index in [1.165, 1.54) is 12.1 Å². The van der Waals surface area contributed by atoms with Gasteiger partial charge in [-0.25, -0.2) is 4.79 Å². The van der Waals surface area contributed by atoms with Crippen molar-refractivity contribution in [2.24, 2.45) is 0 Å². The minimum atomic E-state index is -1.14. The van der Waals surface area contributed by atoms with Crippen LogP contribution < -0.4 is 10.4 Å². The lowest BCUT2D eigenvalue weighted by Gasteiger charge is -2.16. The highest BCUT2D eigenvalue weighted by molar-refractivity contribution is 6.10. The molecule has 0 saturated heterocycles. The Morgan fingerprint density at radius 2 is 1.46 bits per heavy atom. The van der Waals surface area contributed by atoms with Gasteiger partial charge < -0.3 is 15.5 Å². The molecule has 0 aliphatic heterocycles. The van der Waals surface area contributed by atoms with Gasteiger partial charge in [-0.2, -0.15) is 0 Å². The van der Waals surface area contributed by atoms with Crippen molar-refractivity contribution < 1.29 is 24.7 Å². The van der Waals surface area contributed by atoms with Crippen LogP contribution in [0, 0.1) is 10.1 Å². The third kappa shape index (κ3) is 3.65. The second kappa shape index (κ2) is 7.58. The van der Waals surface area contributed by atoms with E-state index in [-0.39, 0.29) is 22.5 Å². The molecule has 3 aromatic rings. The van der Waals surface area contributed by atoms with Crippen molar-refractivity contribution in [1.82, 2.24) is 0 Å². The number of anilines is 1. The summed E-state index contributed by atoms with van der Waals surface area (Å²) < 4.78 is 0. The quantitative estimate of drug-likeness (QED) is 0.518. The summed E-state index contributed by atoms with van der Waals surface area (Å²) in [5.41, 5.74) is 0.436. The Hall–Kier alpha value is -4.20. The van der Waals surface area contributed by atoms with Gasteiger partial charge in [0.1, 0.15) is 0 Å². The minimum absolute atomic E-state index is 0.0302. The highest BCUT2D eigenvalue weighted by Crippen LogP contribution is 2.30. The first-order valence-electron chi connectivity index (χ1n) is 8.07. The van der Waals surface area contributed by atoms with Crippen LogP contribution in [0.2, 0.25) is 0 Å². The fourth-order valence-electron chi connectivity index (χ4n) is 2.74. The van der Waals surface area contributed by atoms with E-state index in [0.717, 1.165) is 18.2 Å². The standard InChI is InChI=1S/C20H14N2O6/c23-18-11-12(22(27)28)9-10-17(18)21-19(24)15-7-3-1-5-13(15)14-6-2-4-8-16(14)20(25)26/h1-11,23H,(H,21,24)(H,25,26)/p-1. The number of nitro benzene ring substituents is 1. The zero-order valence-electron chi connectivity index (χ0n) is 14.3. The largest absolute Gasteiger partial charge is 0.871 e. The summed E-state index contributed by atoms with van der Waals surface area (Å²) in [6.07, 6.45) is 0. The summed E-state index contributed by atoms with van der Waals surface area (Å²) >= 11 is 0. The van der Waals surface area contributed by atoms with Gasteiger partial charge in [-0.3, -0.25) is 14.9 Å². The summed E-state index contributed by atoms with van der Waals surface area (Å²) in [4.78, 5) is 34.3. The molecular formula is C20H13N2O6-. The van der Waals surface area contributed by atoms with Crippen LogP contribution in [0.1, 0.15) is 20.7 Å². The molecule has 0 aromatic heterocycles. The Morgan fingerprint density at radius 3 is 2.04 bits per heavy atom. The number of nitrogens with zero attached hydrogens (tertiary/aromatic N) is 1. The van der Waals surface area contributed by atoms with Crippen LogP contribution in [-0.4, -0.2) is 21.9 Å². The molecule has 0 aliphatic carbocycles. The average Bonchev–Trinajstić information content (AvgIpc) is 2.69. The maximum Gasteiger partial charge on any atom is 0.336 e. The van der Waals surface area contributed by atoms with Gasteiger partial charge in [0, 0.05) is 23.4 Å². The molecule has 1 amide bonds. The molecule has 0 radical (unpaired) electrons. The molecule has 0 bridgehead atoms. The number of hydrogen-bond donors (Lipinski definition) is 2. The number of amides is 1. The minimum Gasteiger partial charge on any atom is -0.871 e. The number of carboxylic acid groups (broad SMARTS) is 1. The highest BCUT2D eigenvalue weighted by Gasteiger charge is 2.18. The molecule has 8 heteroatoms. The number of hydrogen-bond acceptors (Lipinski definition) is 5. The molecular weight excluding hydrogens is 364 g/mol. The summed E-state index contributed by atoms with van der Waals surface area (Å²) in [5, 5.41) is 34.6. The predicted octanol–water partition coefficient (Wildman–Crippen LogP) is 3.29. The number of benzene rings is 3. The molecule has 0 atom stereocenters. The molecule has 0 spiro atoms. The van der Waals surface area contributed by atoms with Gasteiger partial charge in [0.15, 0.2) is 0 Å². The first-order valence-corrected chi connectivity index (χ1v) is 8.07. The predicted molar refractivity (Wildman–Crippen MR) is 99.3 cm³/mol. The summed E-state index contributed by atoms with van der Waals surface area (Å²) in [5.74, 6) is -2.48. The Morgan fingerprint density at radius 1 is 0.893 bits per heavy atom. The van der Waals surface area contributed by atoms with Crippen LogP contribution in [0.15, 0.2) is 66.7 Å². The molecule has 3 rings (SSSR count). The molecule has 3 aromatic carbocycles. The van der Waals surface area contributed by atoms with E-state index in [1.54, 1.807) is 36.4 Å². The molecule has 0 heterocycles. The monoisotopic (exact) mass is 377 g/mol. The van der Waals surface area contributed by atoms with Crippen LogP contribution in [0.4, 0.5) is 11.4 Å². The lowest BCUT2D eigenvalue weighted by Crippen LogP contribution is -2.15. The third-order valence-electron chi connectivity index (χ3n) is 4.04. The normalized spacial score (nSPS) is 10.3. The van der Waals surface area contributed by atoms with Gasteiger partial charge in [-0.1, -0.05) is 42.1 Å². The van der Waals surface area contributed by atoms with E-state index < -0.39 is 22.5 Å². The smallest absolute Gasteiger partial charge is 0.336 e. The Balaban J connectivity index is 1.99. The molecule has 0 unspecified atom stereocenters. The fourth-order valence-corrected chi connectivity index (χ4v) is 2.74. The summed E-state index contributed by atoms with van der Waals surface area (Å²) in [6.45, 7) is 0. The van der Waals surface area contributed by atoms with E-state index in [2.05, 4.69) is 5.32 Å². The Bertz CT molecular complexity index is 1090.